The molecule has 0 spiro atoms. The molecule has 1 aliphatic carbocycles. The van der Waals surface area contributed by atoms with Crippen LogP contribution in [0.1, 0.15) is 32.8 Å². The molecule has 2 nitrogen and oxygen atoms in total. The summed E-state index contributed by atoms with van der Waals surface area (Å²) in [5, 5.41) is 0.969. The lowest BCUT2D eigenvalue weighted by molar-refractivity contribution is 0.103. The van der Waals surface area contributed by atoms with Crippen LogP contribution in [0.4, 0.5) is 0 Å². The van der Waals surface area contributed by atoms with Crippen molar-refractivity contribution in [2.75, 3.05) is 0 Å². The quantitative estimate of drug-likeness (QED) is 0.473. The Hall–Kier alpha value is -2.35. The predicted octanol–water partition coefficient (Wildman–Crippen LogP) is 3.88. The summed E-state index contributed by atoms with van der Waals surface area (Å²) >= 11 is 0. The summed E-state index contributed by atoms with van der Waals surface area (Å²) in [6, 6.07) is 13.7. The first-order valence-electron chi connectivity index (χ1n) is 6.39. The topological polar surface area (TPSA) is 30.2 Å². The molecule has 4 rings (SSSR count). The molecule has 1 aliphatic rings. The first-order valence-corrected chi connectivity index (χ1v) is 6.39. The number of furan rings is 1. The van der Waals surface area contributed by atoms with Crippen molar-refractivity contribution in [2.24, 2.45) is 0 Å². The zero-order valence-electron chi connectivity index (χ0n) is 10.6. The number of fused-ring (bicyclic) bond motifs is 4. The Morgan fingerprint density at radius 1 is 1.05 bits per heavy atom. The maximum Gasteiger partial charge on any atom is 0.197 e. The normalized spacial score (nSPS) is 13.4. The number of carbonyl (C=O) groups is 1. The summed E-state index contributed by atoms with van der Waals surface area (Å²) in [4.78, 5) is 12.7. The molecule has 0 radical (unpaired) electrons. The average molecular weight is 248 g/mol. The van der Waals surface area contributed by atoms with Gasteiger partial charge in [0.15, 0.2) is 5.78 Å². The Labute approximate surface area is 110 Å². The zero-order chi connectivity index (χ0) is 13.0. The second-order valence-corrected chi connectivity index (χ2v) is 5.01. The highest BCUT2D eigenvalue weighted by atomic mass is 16.3. The van der Waals surface area contributed by atoms with Crippen LogP contribution in [-0.2, 0) is 6.42 Å². The monoisotopic (exact) mass is 248 g/mol. The van der Waals surface area contributed by atoms with Crippen molar-refractivity contribution in [3.05, 3.63) is 70.5 Å². The number of rotatable bonds is 0. The maximum absolute atomic E-state index is 12.7. The molecule has 0 N–H and O–H groups in total. The highest BCUT2D eigenvalue weighted by Crippen LogP contribution is 2.36. The average Bonchev–Trinajstić information content (AvgIpc) is 2.79. The van der Waals surface area contributed by atoms with Crippen molar-refractivity contribution in [1.29, 1.82) is 0 Å². The Morgan fingerprint density at radius 3 is 2.79 bits per heavy atom. The summed E-state index contributed by atoms with van der Waals surface area (Å²) in [6.45, 7) is 2.02. The van der Waals surface area contributed by atoms with Crippen LogP contribution < -0.4 is 0 Å². The molecule has 19 heavy (non-hydrogen) atoms. The van der Waals surface area contributed by atoms with E-state index >= 15 is 0 Å². The first-order chi connectivity index (χ1) is 9.25. The van der Waals surface area contributed by atoms with Gasteiger partial charge in [-0.05, 0) is 24.1 Å². The van der Waals surface area contributed by atoms with E-state index in [-0.39, 0.29) is 5.78 Å². The molecule has 3 aromatic rings. The van der Waals surface area contributed by atoms with E-state index in [9.17, 15) is 4.79 Å². The van der Waals surface area contributed by atoms with E-state index in [1.165, 1.54) is 0 Å². The van der Waals surface area contributed by atoms with Gasteiger partial charge < -0.3 is 4.42 Å². The van der Waals surface area contributed by atoms with Gasteiger partial charge in [-0.2, -0.15) is 0 Å². The summed E-state index contributed by atoms with van der Waals surface area (Å²) < 4.78 is 5.88. The highest BCUT2D eigenvalue weighted by molar-refractivity contribution is 6.19. The minimum absolute atomic E-state index is 0.0879. The van der Waals surface area contributed by atoms with Crippen molar-refractivity contribution < 1.29 is 9.21 Å². The van der Waals surface area contributed by atoms with E-state index in [1.807, 2.05) is 49.4 Å². The van der Waals surface area contributed by atoms with Gasteiger partial charge in [-0.1, -0.05) is 36.4 Å². The summed E-state index contributed by atoms with van der Waals surface area (Å²) in [6.07, 6.45) is 0.700. The smallest absolute Gasteiger partial charge is 0.197 e. The number of carbonyl (C=O) groups excluding carboxylic acids is 1. The van der Waals surface area contributed by atoms with Crippen LogP contribution in [0.5, 0.6) is 0 Å². The first kappa shape index (κ1) is 10.6. The van der Waals surface area contributed by atoms with Crippen LogP contribution in [-0.4, -0.2) is 5.78 Å². The van der Waals surface area contributed by atoms with E-state index in [2.05, 4.69) is 0 Å². The molecule has 0 fully saturated rings. The molecule has 0 bridgehead atoms. The Kier molecular flexibility index (Phi) is 1.99. The minimum atomic E-state index is 0.0879. The van der Waals surface area contributed by atoms with E-state index in [0.717, 1.165) is 39.0 Å². The number of aryl methyl sites for hydroxylation is 1. The van der Waals surface area contributed by atoms with Crippen molar-refractivity contribution in [1.82, 2.24) is 0 Å². The lowest BCUT2D eigenvalue weighted by Crippen LogP contribution is -2.13. The van der Waals surface area contributed by atoms with Crippen LogP contribution in [0.2, 0.25) is 0 Å². The fraction of sp³-hybridized carbons (Fsp3) is 0.118. The SMILES string of the molecule is Cc1cccc2oc3c(c12)C(=O)c1ccccc1C3. The molecule has 2 heteroatoms. The van der Waals surface area contributed by atoms with Crippen molar-refractivity contribution >= 4 is 16.8 Å². The number of hydrogen-bond donors (Lipinski definition) is 0. The molecule has 0 aliphatic heterocycles. The third kappa shape index (κ3) is 1.34. The van der Waals surface area contributed by atoms with E-state index in [0.29, 0.717) is 6.42 Å². The Balaban J connectivity index is 2.08. The molecule has 0 amide bonds. The molecule has 1 heterocycles. The maximum atomic E-state index is 12.7. The van der Waals surface area contributed by atoms with Gasteiger partial charge in [0, 0.05) is 17.4 Å². The molecule has 0 unspecified atom stereocenters. The third-order valence-corrected chi connectivity index (χ3v) is 3.84. The van der Waals surface area contributed by atoms with Gasteiger partial charge in [0.25, 0.3) is 0 Å². The molecule has 0 atom stereocenters. The van der Waals surface area contributed by atoms with Crippen molar-refractivity contribution in [3.8, 4) is 0 Å². The molecule has 1 aromatic heterocycles. The molecule has 0 saturated carbocycles. The van der Waals surface area contributed by atoms with Crippen LogP contribution >= 0.6 is 0 Å². The van der Waals surface area contributed by atoms with E-state index in [4.69, 9.17) is 4.42 Å². The van der Waals surface area contributed by atoms with Gasteiger partial charge in [0.1, 0.15) is 11.3 Å². The van der Waals surface area contributed by atoms with E-state index in [1.54, 1.807) is 0 Å². The van der Waals surface area contributed by atoms with Crippen LogP contribution in [0.15, 0.2) is 46.9 Å². The molecule has 92 valence electrons. The van der Waals surface area contributed by atoms with Gasteiger partial charge in [-0.25, -0.2) is 0 Å². The number of ketones is 1. The largest absolute Gasteiger partial charge is 0.460 e. The highest BCUT2D eigenvalue weighted by Gasteiger charge is 2.29. The second-order valence-electron chi connectivity index (χ2n) is 5.01. The molecular formula is C17H12O2. The second kappa shape index (κ2) is 3.58. The van der Waals surface area contributed by atoms with E-state index < -0.39 is 0 Å². The number of benzene rings is 2. The lowest BCUT2D eigenvalue weighted by Gasteiger charge is -2.14. The minimum Gasteiger partial charge on any atom is -0.460 e. The summed E-state index contributed by atoms with van der Waals surface area (Å²) in [5.41, 5.74) is 4.52. The number of hydrogen-bond acceptors (Lipinski definition) is 2. The molecule has 2 aromatic carbocycles. The zero-order valence-corrected chi connectivity index (χ0v) is 10.6. The summed E-state index contributed by atoms with van der Waals surface area (Å²) in [7, 11) is 0. The van der Waals surface area contributed by atoms with Crippen molar-refractivity contribution in [2.45, 2.75) is 13.3 Å². The fourth-order valence-corrected chi connectivity index (χ4v) is 2.94. The van der Waals surface area contributed by atoms with Gasteiger partial charge in [-0.3, -0.25) is 4.79 Å². The Bertz CT molecular complexity index is 824. The van der Waals surface area contributed by atoms with Gasteiger partial charge in [0.05, 0.1) is 5.56 Å². The van der Waals surface area contributed by atoms with Crippen LogP contribution in [0.25, 0.3) is 11.0 Å². The standard InChI is InChI=1S/C17H12O2/c1-10-5-4-8-13-15(10)16-14(19-13)9-11-6-2-3-7-12(11)17(16)18/h2-8H,9H2,1H3. The van der Waals surface area contributed by atoms with Crippen LogP contribution in [0.3, 0.4) is 0 Å². The van der Waals surface area contributed by atoms with Gasteiger partial charge in [-0.15, -0.1) is 0 Å². The lowest BCUT2D eigenvalue weighted by atomic mass is 9.87. The van der Waals surface area contributed by atoms with Crippen molar-refractivity contribution in [3.63, 3.8) is 0 Å². The third-order valence-electron chi connectivity index (χ3n) is 3.84. The summed E-state index contributed by atoms with van der Waals surface area (Å²) in [5.74, 6) is 0.887. The predicted molar refractivity (Wildman–Crippen MR) is 73.6 cm³/mol. The molecular weight excluding hydrogens is 236 g/mol. The van der Waals surface area contributed by atoms with Gasteiger partial charge >= 0.3 is 0 Å². The van der Waals surface area contributed by atoms with Crippen LogP contribution in [0, 0.1) is 6.92 Å². The fourth-order valence-electron chi connectivity index (χ4n) is 2.94. The van der Waals surface area contributed by atoms with Gasteiger partial charge in [0.2, 0.25) is 0 Å². The Morgan fingerprint density at radius 2 is 1.89 bits per heavy atom. The molecule has 0 saturated heterocycles.